The SMILES string of the molecule is Cc1cccc(OC(C)C(=O)NCC(O)Cc2ccccc2)c1. The molecule has 2 rings (SSSR count). The van der Waals surface area contributed by atoms with Crippen molar-refractivity contribution in [3.05, 3.63) is 65.7 Å². The van der Waals surface area contributed by atoms with E-state index in [1.54, 1.807) is 6.92 Å². The number of benzene rings is 2. The molecule has 2 atom stereocenters. The highest BCUT2D eigenvalue weighted by Gasteiger charge is 2.16. The van der Waals surface area contributed by atoms with Crippen LogP contribution in [0.1, 0.15) is 18.1 Å². The maximum atomic E-state index is 12.0. The van der Waals surface area contributed by atoms with Crippen molar-refractivity contribution >= 4 is 5.91 Å². The Kier molecular flexibility index (Phi) is 6.18. The minimum Gasteiger partial charge on any atom is -0.481 e. The number of carbonyl (C=O) groups is 1. The average Bonchev–Trinajstić information content (AvgIpc) is 2.53. The minimum absolute atomic E-state index is 0.204. The lowest BCUT2D eigenvalue weighted by molar-refractivity contribution is -0.127. The average molecular weight is 313 g/mol. The van der Waals surface area contributed by atoms with Crippen LogP contribution in [0.2, 0.25) is 0 Å². The molecule has 4 nitrogen and oxygen atoms in total. The van der Waals surface area contributed by atoms with Gasteiger partial charge in [0.25, 0.3) is 5.91 Å². The van der Waals surface area contributed by atoms with Crippen LogP contribution in [0.5, 0.6) is 5.75 Å². The molecule has 4 heteroatoms. The molecule has 0 saturated heterocycles. The molecule has 23 heavy (non-hydrogen) atoms. The van der Waals surface area contributed by atoms with Gasteiger partial charge in [0.2, 0.25) is 0 Å². The lowest BCUT2D eigenvalue weighted by Gasteiger charge is -2.17. The maximum Gasteiger partial charge on any atom is 0.260 e. The minimum atomic E-state index is -0.618. The van der Waals surface area contributed by atoms with Crippen molar-refractivity contribution in [1.29, 1.82) is 0 Å². The van der Waals surface area contributed by atoms with Gasteiger partial charge >= 0.3 is 0 Å². The van der Waals surface area contributed by atoms with E-state index in [9.17, 15) is 9.90 Å². The van der Waals surface area contributed by atoms with Crippen molar-refractivity contribution in [2.45, 2.75) is 32.5 Å². The van der Waals surface area contributed by atoms with Gasteiger partial charge in [0.05, 0.1) is 6.10 Å². The second kappa shape index (κ2) is 8.34. The molecule has 122 valence electrons. The van der Waals surface area contributed by atoms with Crippen LogP contribution in [0, 0.1) is 6.92 Å². The first-order chi connectivity index (χ1) is 11.0. The van der Waals surface area contributed by atoms with Gasteiger partial charge in [-0.3, -0.25) is 4.79 Å². The van der Waals surface area contributed by atoms with E-state index in [1.165, 1.54) is 0 Å². The zero-order chi connectivity index (χ0) is 16.7. The number of ether oxygens (including phenoxy) is 1. The quantitative estimate of drug-likeness (QED) is 0.825. The molecular formula is C19H23NO3. The predicted molar refractivity (Wildman–Crippen MR) is 90.4 cm³/mol. The summed E-state index contributed by atoms with van der Waals surface area (Å²) in [7, 11) is 0. The van der Waals surface area contributed by atoms with E-state index in [1.807, 2.05) is 61.5 Å². The van der Waals surface area contributed by atoms with Gasteiger partial charge in [-0.1, -0.05) is 42.5 Å². The first-order valence-corrected chi connectivity index (χ1v) is 7.77. The Morgan fingerprint density at radius 1 is 1.17 bits per heavy atom. The lowest BCUT2D eigenvalue weighted by Crippen LogP contribution is -2.40. The van der Waals surface area contributed by atoms with Gasteiger partial charge in [0, 0.05) is 13.0 Å². The third kappa shape index (κ3) is 5.75. The van der Waals surface area contributed by atoms with Crippen molar-refractivity contribution in [2.24, 2.45) is 0 Å². The predicted octanol–water partition coefficient (Wildman–Crippen LogP) is 2.48. The fourth-order valence-electron chi connectivity index (χ4n) is 2.27. The summed E-state index contributed by atoms with van der Waals surface area (Å²) >= 11 is 0. The first-order valence-electron chi connectivity index (χ1n) is 7.77. The summed E-state index contributed by atoms with van der Waals surface area (Å²) in [6, 6.07) is 17.3. The normalized spacial score (nSPS) is 13.2. The number of hydrogen-bond acceptors (Lipinski definition) is 3. The van der Waals surface area contributed by atoms with E-state index in [0.29, 0.717) is 12.2 Å². The number of hydrogen-bond donors (Lipinski definition) is 2. The van der Waals surface area contributed by atoms with E-state index in [2.05, 4.69) is 5.32 Å². The number of rotatable bonds is 7. The van der Waals surface area contributed by atoms with Crippen LogP contribution in [0.4, 0.5) is 0 Å². The number of aliphatic hydroxyl groups is 1. The smallest absolute Gasteiger partial charge is 0.260 e. The highest BCUT2D eigenvalue weighted by Crippen LogP contribution is 2.14. The van der Waals surface area contributed by atoms with E-state index >= 15 is 0 Å². The van der Waals surface area contributed by atoms with Gasteiger partial charge < -0.3 is 15.2 Å². The van der Waals surface area contributed by atoms with Crippen LogP contribution in [-0.2, 0) is 11.2 Å². The molecule has 0 aromatic heterocycles. The first kappa shape index (κ1) is 17.0. The van der Waals surface area contributed by atoms with Crippen LogP contribution < -0.4 is 10.1 Å². The molecule has 2 N–H and O–H groups in total. The summed E-state index contributed by atoms with van der Waals surface area (Å²) in [6.07, 6.45) is -0.720. The fraction of sp³-hybridized carbons (Fsp3) is 0.316. The number of amides is 1. The molecule has 0 fully saturated rings. The molecule has 0 aliphatic rings. The van der Waals surface area contributed by atoms with Gasteiger partial charge in [-0.2, -0.15) is 0 Å². The van der Waals surface area contributed by atoms with Crippen LogP contribution in [0.15, 0.2) is 54.6 Å². The molecule has 0 aliphatic carbocycles. The molecule has 2 aromatic rings. The summed E-state index contributed by atoms with van der Waals surface area (Å²) in [5, 5.41) is 12.7. The van der Waals surface area contributed by atoms with E-state index in [0.717, 1.165) is 11.1 Å². The summed E-state index contributed by atoms with van der Waals surface area (Å²) in [6.45, 7) is 3.87. The topological polar surface area (TPSA) is 58.6 Å². The third-order valence-electron chi connectivity index (χ3n) is 3.50. The van der Waals surface area contributed by atoms with E-state index in [4.69, 9.17) is 4.74 Å². The van der Waals surface area contributed by atoms with E-state index in [-0.39, 0.29) is 12.5 Å². The van der Waals surface area contributed by atoms with Crippen LogP contribution in [0.25, 0.3) is 0 Å². The highest BCUT2D eigenvalue weighted by molar-refractivity contribution is 5.80. The highest BCUT2D eigenvalue weighted by atomic mass is 16.5. The zero-order valence-corrected chi connectivity index (χ0v) is 13.5. The standard InChI is InChI=1S/C19H23NO3/c1-14-7-6-10-18(11-14)23-15(2)19(22)20-13-17(21)12-16-8-4-3-5-9-16/h3-11,15,17,21H,12-13H2,1-2H3,(H,20,22). The summed E-state index contributed by atoms with van der Waals surface area (Å²) < 4.78 is 5.61. The molecule has 0 aliphatic heterocycles. The molecule has 1 amide bonds. The van der Waals surface area contributed by atoms with Crippen molar-refractivity contribution in [2.75, 3.05) is 6.54 Å². The molecule has 0 bridgehead atoms. The second-order valence-corrected chi connectivity index (χ2v) is 5.67. The number of aryl methyl sites for hydroxylation is 1. The van der Waals surface area contributed by atoms with Gasteiger partial charge in [-0.05, 0) is 37.1 Å². The van der Waals surface area contributed by atoms with Gasteiger partial charge in [0.15, 0.2) is 6.10 Å². The van der Waals surface area contributed by atoms with Crippen molar-refractivity contribution in [3.63, 3.8) is 0 Å². The number of nitrogens with one attached hydrogen (secondary N) is 1. The van der Waals surface area contributed by atoms with E-state index < -0.39 is 12.2 Å². The molecule has 0 radical (unpaired) electrons. The number of aliphatic hydroxyl groups excluding tert-OH is 1. The molecule has 0 saturated carbocycles. The Hall–Kier alpha value is -2.33. The van der Waals surface area contributed by atoms with Crippen LogP contribution >= 0.6 is 0 Å². The Labute approximate surface area is 137 Å². The van der Waals surface area contributed by atoms with Gasteiger partial charge in [-0.25, -0.2) is 0 Å². The third-order valence-corrected chi connectivity index (χ3v) is 3.50. The Morgan fingerprint density at radius 2 is 1.91 bits per heavy atom. The maximum absolute atomic E-state index is 12.0. The van der Waals surface area contributed by atoms with Crippen LogP contribution in [-0.4, -0.2) is 29.8 Å². The summed E-state index contributed by atoms with van der Waals surface area (Å²) in [4.78, 5) is 12.0. The molecule has 0 spiro atoms. The second-order valence-electron chi connectivity index (χ2n) is 5.67. The molecule has 0 heterocycles. The zero-order valence-electron chi connectivity index (χ0n) is 13.5. The van der Waals surface area contributed by atoms with Crippen molar-refractivity contribution in [3.8, 4) is 5.75 Å². The Morgan fingerprint density at radius 3 is 2.61 bits per heavy atom. The monoisotopic (exact) mass is 313 g/mol. The molecule has 2 aromatic carbocycles. The number of carbonyl (C=O) groups excluding carboxylic acids is 1. The van der Waals surface area contributed by atoms with Gasteiger partial charge in [0.1, 0.15) is 5.75 Å². The van der Waals surface area contributed by atoms with Crippen LogP contribution in [0.3, 0.4) is 0 Å². The van der Waals surface area contributed by atoms with Crippen molar-refractivity contribution < 1.29 is 14.6 Å². The molecular weight excluding hydrogens is 290 g/mol. The van der Waals surface area contributed by atoms with Crippen molar-refractivity contribution in [1.82, 2.24) is 5.32 Å². The summed E-state index contributed by atoms with van der Waals surface area (Å²) in [5.41, 5.74) is 2.12. The van der Waals surface area contributed by atoms with Gasteiger partial charge in [-0.15, -0.1) is 0 Å². The largest absolute Gasteiger partial charge is 0.481 e. The summed E-state index contributed by atoms with van der Waals surface area (Å²) in [5.74, 6) is 0.427. The lowest BCUT2D eigenvalue weighted by atomic mass is 10.1. The molecule has 2 unspecified atom stereocenters. The Bertz CT molecular complexity index is 628. The Balaban J connectivity index is 1.77. The fourth-order valence-corrected chi connectivity index (χ4v) is 2.27.